The molecule has 0 spiro atoms. The smallest absolute Gasteiger partial charge is 0.00135 e. The Bertz CT molecular complexity index is 1400. The topological polar surface area (TPSA) is 0 Å². The quantitative estimate of drug-likeness (QED) is 0.219. The fraction of sp³-hybridized carbons (Fsp3) is 0.188. The van der Waals surface area contributed by atoms with Gasteiger partial charge in [-0.05, 0) is 86.5 Å². The van der Waals surface area contributed by atoms with Gasteiger partial charge in [-0.25, -0.2) is 0 Å². The highest BCUT2D eigenvalue weighted by molar-refractivity contribution is 6.08. The second kappa shape index (κ2) is 7.95. The van der Waals surface area contributed by atoms with Crippen molar-refractivity contribution in [3.8, 4) is 11.1 Å². The van der Waals surface area contributed by atoms with Crippen LogP contribution in [0.2, 0.25) is 0 Å². The van der Waals surface area contributed by atoms with Gasteiger partial charge in [0.2, 0.25) is 0 Å². The lowest BCUT2D eigenvalue weighted by Crippen LogP contribution is -2.07. The maximum absolute atomic E-state index is 2.37. The third kappa shape index (κ3) is 3.22. The van der Waals surface area contributed by atoms with Gasteiger partial charge in [0.05, 0.1) is 0 Å². The molecule has 1 atom stereocenters. The van der Waals surface area contributed by atoms with E-state index in [-0.39, 0.29) is 0 Å². The maximum atomic E-state index is 2.37. The Balaban J connectivity index is 0.000000131. The molecule has 2 aliphatic carbocycles. The largest absolute Gasteiger partial charge is 0.0619 e. The molecule has 0 fully saturated rings. The van der Waals surface area contributed by atoms with Gasteiger partial charge in [0.15, 0.2) is 0 Å². The summed E-state index contributed by atoms with van der Waals surface area (Å²) >= 11 is 0. The van der Waals surface area contributed by atoms with E-state index < -0.39 is 0 Å². The predicted octanol–water partition coefficient (Wildman–Crippen LogP) is 8.69. The molecule has 32 heavy (non-hydrogen) atoms. The van der Waals surface area contributed by atoms with Crippen LogP contribution < -0.4 is 0 Å². The number of aryl methyl sites for hydroxylation is 1. The zero-order valence-corrected chi connectivity index (χ0v) is 18.6. The molecule has 0 saturated heterocycles. The second-order valence-corrected chi connectivity index (χ2v) is 9.30. The van der Waals surface area contributed by atoms with Gasteiger partial charge in [0.25, 0.3) is 0 Å². The molecule has 7 rings (SSSR count). The van der Waals surface area contributed by atoms with Gasteiger partial charge < -0.3 is 0 Å². The summed E-state index contributed by atoms with van der Waals surface area (Å²) in [6.07, 6.45) is 5.02. The summed E-state index contributed by atoms with van der Waals surface area (Å²) in [4.78, 5) is 0. The van der Waals surface area contributed by atoms with Gasteiger partial charge in [-0.3, -0.25) is 0 Å². The van der Waals surface area contributed by atoms with E-state index in [9.17, 15) is 0 Å². The van der Waals surface area contributed by atoms with Crippen LogP contribution in [-0.4, -0.2) is 0 Å². The first-order valence-corrected chi connectivity index (χ1v) is 11.9. The molecule has 1 unspecified atom stereocenters. The van der Waals surface area contributed by atoms with Crippen molar-refractivity contribution in [2.24, 2.45) is 0 Å². The normalized spacial score (nSPS) is 16.1. The first kappa shape index (κ1) is 19.3. The lowest BCUT2D eigenvalue weighted by Gasteiger charge is -2.24. The highest BCUT2D eigenvalue weighted by atomic mass is 14.2. The molecule has 2 aliphatic rings. The third-order valence-corrected chi connectivity index (χ3v) is 7.37. The molecule has 0 nitrogen and oxygen atoms in total. The average molecular weight is 413 g/mol. The Hall–Kier alpha value is -3.38. The Labute approximate surface area is 190 Å². The van der Waals surface area contributed by atoms with Crippen LogP contribution in [0.25, 0.3) is 32.7 Å². The second-order valence-electron chi connectivity index (χ2n) is 9.30. The summed E-state index contributed by atoms with van der Waals surface area (Å²) in [7, 11) is 0. The molecule has 0 heterocycles. The summed E-state index contributed by atoms with van der Waals surface area (Å²) in [6.45, 7) is 2.37. The molecule has 5 aromatic rings. The van der Waals surface area contributed by atoms with E-state index in [2.05, 4.69) is 104 Å². The van der Waals surface area contributed by atoms with Crippen LogP contribution in [0.4, 0.5) is 0 Å². The Morgan fingerprint density at radius 1 is 0.594 bits per heavy atom. The van der Waals surface area contributed by atoms with Crippen LogP contribution in [0.3, 0.4) is 0 Å². The lowest BCUT2D eigenvalue weighted by molar-refractivity contribution is 0.593. The van der Waals surface area contributed by atoms with Crippen molar-refractivity contribution in [1.82, 2.24) is 0 Å². The van der Waals surface area contributed by atoms with Gasteiger partial charge in [0.1, 0.15) is 0 Å². The van der Waals surface area contributed by atoms with E-state index in [4.69, 9.17) is 0 Å². The number of benzene rings is 5. The molecule has 0 bridgehead atoms. The summed E-state index contributed by atoms with van der Waals surface area (Å²) in [5.74, 6) is 0.722. The van der Waals surface area contributed by atoms with E-state index in [0.29, 0.717) is 0 Å². The van der Waals surface area contributed by atoms with Crippen molar-refractivity contribution in [2.75, 3.05) is 0 Å². The highest BCUT2D eigenvalue weighted by Gasteiger charge is 2.19. The van der Waals surface area contributed by atoms with Crippen LogP contribution in [0.5, 0.6) is 0 Å². The van der Waals surface area contributed by atoms with E-state index in [1.165, 1.54) is 63.1 Å². The summed E-state index contributed by atoms with van der Waals surface area (Å²) in [5.41, 5.74) is 8.93. The van der Waals surface area contributed by atoms with Crippen LogP contribution in [0.15, 0.2) is 97.1 Å². The van der Waals surface area contributed by atoms with Gasteiger partial charge in [-0.15, -0.1) is 0 Å². The van der Waals surface area contributed by atoms with Crippen LogP contribution >= 0.6 is 0 Å². The Morgan fingerprint density at radius 2 is 1.25 bits per heavy atom. The summed E-state index contributed by atoms with van der Waals surface area (Å²) < 4.78 is 0. The number of hydrogen-bond donors (Lipinski definition) is 0. The number of fused-ring (bicyclic) bond motifs is 8. The van der Waals surface area contributed by atoms with Gasteiger partial charge in [0, 0.05) is 0 Å². The highest BCUT2D eigenvalue weighted by Crippen LogP contribution is 2.38. The maximum Gasteiger partial charge on any atom is -0.00135 e. The van der Waals surface area contributed by atoms with Crippen molar-refractivity contribution in [3.05, 3.63) is 119 Å². The molecule has 0 saturated carbocycles. The predicted molar refractivity (Wildman–Crippen MR) is 137 cm³/mol. The van der Waals surface area contributed by atoms with E-state index in [0.717, 1.165) is 12.3 Å². The van der Waals surface area contributed by atoms with Crippen molar-refractivity contribution < 1.29 is 0 Å². The molecular formula is C32H28. The van der Waals surface area contributed by atoms with Gasteiger partial charge in [-0.2, -0.15) is 0 Å². The zero-order valence-electron chi connectivity index (χ0n) is 18.6. The lowest BCUT2D eigenvalue weighted by atomic mass is 9.81. The van der Waals surface area contributed by atoms with Crippen LogP contribution in [0, 0.1) is 0 Å². The van der Waals surface area contributed by atoms with Crippen molar-refractivity contribution in [2.45, 2.75) is 38.5 Å². The van der Waals surface area contributed by atoms with Crippen LogP contribution in [0.1, 0.15) is 47.9 Å². The first-order chi connectivity index (χ1) is 15.8. The molecule has 0 aliphatic heterocycles. The van der Waals surface area contributed by atoms with E-state index in [1.807, 2.05) is 0 Å². The molecule has 0 aromatic heterocycles. The molecule has 5 aromatic carbocycles. The third-order valence-electron chi connectivity index (χ3n) is 7.37. The van der Waals surface area contributed by atoms with Crippen LogP contribution in [-0.2, 0) is 12.8 Å². The minimum Gasteiger partial charge on any atom is -0.0619 e. The van der Waals surface area contributed by atoms with Crippen molar-refractivity contribution in [1.29, 1.82) is 0 Å². The summed E-state index contributed by atoms with van der Waals surface area (Å²) in [5, 5.41) is 5.63. The number of hydrogen-bond acceptors (Lipinski definition) is 0. The molecular weight excluding hydrogens is 384 g/mol. The first-order valence-electron chi connectivity index (χ1n) is 11.9. The molecule has 0 amide bonds. The van der Waals surface area contributed by atoms with E-state index in [1.54, 1.807) is 11.1 Å². The Kier molecular flexibility index (Phi) is 4.80. The number of rotatable bonds is 0. The van der Waals surface area contributed by atoms with Crippen molar-refractivity contribution >= 4 is 21.5 Å². The molecule has 0 N–H and O–H groups in total. The SMILES string of the molecule is CC1CCCc2c1ccc1c2ccc2ccccc21.c1ccc2c(c1)Cc1ccccc1-2. The van der Waals surface area contributed by atoms with Gasteiger partial charge >= 0.3 is 0 Å². The standard InChI is InChI=1S/C19H18.C13H10/c1-13-5-4-8-17-15(13)11-12-18-16-7-3-2-6-14(16)9-10-19(17)18;1-3-7-12-10(5-1)9-11-6-2-4-8-13(11)12/h2-3,6-7,9-13H,4-5,8H2,1H3;1-8H,9H2. The fourth-order valence-electron chi connectivity index (χ4n) is 5.73. The minimum absolute atomic E-state index is 0.722. The average Bonchev–Trinajstić information content (AvgIpc) is 3.23. The monoisotopic (exact) mass is 412 g/mol. The minimum atomic E-state index is 0.722. The fourth-order valence-corrected chi connectivity index (χ4v) is 5.73. The Morgan fingerprint density at radius 3 is 2.03 bits per heavy atom. The molecule has 156 valence electrons. The molecule has 0 radical (unpaired) electrons. The van der Waals surface area contributed by atoms with Gasteiger partial charge in [-0.1, -0.05) is 104 Å². The van der Waals surface area contributed by atoms with E-state index >= 15 is 0 Å². The zero-order chi connectivity index (χ0) is 21.5. The molecule has 0 heteroatoms. The van der Waals surface area contributed by atoms with Crippen molar-refractivity contribution in [3.63, 3.8) is 0 Å². The summed E-state index contributed by atoms with van der Waals surface area (Å²) in [6, 6.07) is 35.3.